The summed E-state index contributed by atoms with van der Waals surface area (Å²) in [6.07, 6.45) is 3.09. The molecule has 7 heteroatoms. The summed E-state index contributed by atoms with van der Waals surface area (Å²) in [6.45, 7) is 6.05. The van der Waals surface area contributed by atoms with Gasteiger partial charge in [-0.25, -0.2) is 8.42 Å². The quantitative estimate of drug-likeness (QED) is 0.597. The first-order valence-electron chi connectivity index (χ1n) is 9.72. The first-order valence-corrected chi connectivity index (χ1v) is 11.9. The van der Waals surface area contributed by atoms with Crippen molar-refractivity contribution < 1.29 is 13.2 Å². The lowest BCUT2D eigenvalue weighted by Gasteiger charge is -2.31. The number of sulfonamides is 1. The number of amides is 1. The van der Waals surface area contributed by atoms with Gasteiger partial charge in [-0.3, -0.25) is 9.10 Å². The number of hydrogen-bond acceptors (Lipinski definition) is 3. The number of rotatable bonds is 9. The minimum absolute atomic E-state index is 0.282. The fraction of sp³-hybridized carbons (Fsp3) is 0.409. The summed E-state index contributed by atoms with van der Waals surface area (Å²) in [5.41, 5.74) is 3.45. The summed E-state index contributed by atoms with van der Waals surface area (Å²) in [5, 5.41) is 3.60. The molecule has 0 aliphatic rings. The number of carbonyl (C=O) groups excluding carboxylic acids is 1. The van der Waals surface area contributed by atoms with Gasteiger partial charge in [-0.15, -0.1) is 0 Å². The van der Waals surface area contributed by atoms with E-state index < -0.39 is 16.1 Å². The highest BCUT2D eigenvalue weighted by Crippen LogP contribution is 2.27. The zero-order valence-corrected chi connectivity index (χ0v) is 19.0. The van der Waals surface area contributed by atoms with Gasteiger partial charge in [-0.1, -0.05) is 42.8 Å². The molecule has 0 bridgehead atoms. The standard InChI is InChI=1S/C22H29ClN2O3S/c1-5-20(22(26)24-14-6-7-18-10-12-19(23)13-11-18)25(29(4,27)28)21-15-16(2)8-9-17(21)3/h8-13,15,20H,5-7,14H2,1-4H3,(H,24,26). The number of nitrogens with one attached hydrogen (secondary N) is 1. The van der Waals surface area contributed by atoms with Crippen LogP contribution < -0.4 is 9.62 Å². The maximum Gasteiger partial charge on any atom is 0.243 e. The van der Waals surface area contributed by atoms with Gasteiger partial charge in [-0.05, 0) is 68.0 Å². The van der Waals surface area contributed by atoms with E-state index in [9.17, 15) is 13.2 Å². The van der Waals surface area contributed by atoms with Crippen molar-refractivity contribution in [2.24, 2.45) is 0 Å². The van der Waals surface area contributed by atoms with Crippen LogP contribution in [0.2, 0.25) is 5.02 Å². The number of carbonyl (C=O) groups is 1. The van der Waals surface area contributed by atoms with E-state index in [-0.39, 0.29) is 5.91 Å². The van der Waals surface area contributed by atoms with Crippen LogP contribution in [0.1, 0.15) is 36.5 Å². The molecule has 0 aliphatic heterocycles. The number of aryl methyl sites for hydroxylation is 3. The predicted molar refractivity (Wildman–Crippen MR) is 120 cm³/mol. The number of halogens is 1. The Morgan fingerprint density at radius 2 is 1.79 bits per heavy atom. The monoisotopic (exact) mass is 436 g/mol. The van der Waals surface area contributed by atoms with E-state index in [0.717, 1.165) is 35.8 Å². The van der Waals surface area contributed by atoms with Crippen LogP contribution in [0.15, 0.2) is 42.5 Å². The lowest BCUT2D eigenvalue weighted by Crippen LogP contribution is -2.49. The molecule has 1 atom stereocenters. The van der Waals surface area contributed by atoms with Crippen LogP contribution in [0.25, 0.3) is 0 Å². The van der Waals surface area contributed by atoms with Gasteiger partial charge in [0.2, 0.25) is 15.9 Å². The Kier molecular flexibility index (Phi) is 8.11. The van der Waals surface area contributed by atoms with Crippen molar-refractivity contribution in [3.05, 3.63) is 64.2 Å². The molecule has 0 aliphatic carbocycles. The van der Waals surface area contributed by atoms with E-state index in [4.69, 9.17) is 11.6 Å². The molecule has 2 aromatic rings. The van der Waals surface area contributed by atoms with Crippen LogP contribution >= 0.6 is 11.6 Å². The second kappa shape index (κ2) is 10.1. The summed E-state index contributed by atoms with van der Waals surface area (Å²) in [6, 6.07) is 12.4. The van der Waals surface area contributed by atoms with Crippen molar-refractivity contribution in [2.45, 2.75) is 46.1 Å². The second-order valence-corrected chi connectivity index (χ2v) is 9.59. The Hall–Kier alpha value is -2.05. The molecular weight excluding hydrogens is 408 g/mol. The van der Waals surface area contributed by atoms with Crippen molar-refractivity contribution in [1.29, 1.82) is 0 Å². The summed E-state index contributed by atoms with van der Waals surface area (Å²) >= 11 is 5.89. The third kappa shape index (κ3) is 6.47. The Bertz CT molecular complexity index is 943. The third-order valence-electron chi connectivity index (χ3n) is 4.79. The molecule has 0 heterocycles. The van der Waals surface area contributed by atoms with Crippen LogP contribution in [0.3, 0.4) is 0 Å². The summed E-state index contributed by atoms with van der Waals surface area (Å²) in [5.74, 6) is -0.282. The third-order valence-corrected chi connectivity index (χ3v) is 6.20. The highest BCUT2D eigenvalue weighted by Gasteiger charge is 2.32. The zero-order valence-electron chi connectivity index (χ0n) is 17.4. The van der Waals surface area contributed by atoms with Gasteiger partial charge in [0.05, 0.1) is 11.9 Å². The van der Waals surface area contributed by atoms with Crippen molar-refractivity contribution in [3.8, 4) is 0 Å². The molecule has 0 fully saturated rings. The molecule has 1 amide bonds. The average Bonchev–Trinajstić information content (AvgIpc) is 2.65. The van der Waals surface area contributed by atoms with Gasteiger partial charge in [0.1, 0.15) is 6.04 Å². The molecule has 2 rings (SSSR count). The molecule has 0 radical (unpaired) electrons. The van der Waals surface area contributed by atoms with Crippen LogP contribution in [0, 0.1) is 13.8 Å². The van der Waals surface area contributed by atoms with E-state index in [2.05, 4.69) is 5.32 Å². The molecule has 5 nitrogen and oxygen atoms in total. The molecule has 0 saturated carbocycles. The Morgan fingerprint density at radius 3 is 2.38 bits per heavy atom. The fourth-order valence-electron chi connectivity index (χ4n) is 3.27. The van der Waals surface area contributed by atoms with Crippen LogP contribution in [-0.2, 0) is 21.2 Å². The van der Waals surface area contributed by atoms with Crippen molar-refractivity contribution in [2.75, 3.05) is 17.1 Å². The Labute approximate surface area is 179 Å². The molecule has 1 N–H and O–H groups in total. The molecule has 0 saturated heterocycles. The van der Waals surface area contributed by atoms with E-state index >= 15 is 0 Å². The van der Waals surface area contributed by atoms with Crippen molar-refractivity contribution >= 4 is 33.2 Å². The second-order valence-electron chi connectivity index (χ2n) is 7.29. The largest absolute Gasteiger partial charge is 0.354 e. The van der Waals surface area contributed by atoms with Gasteiger partial charge in [0, 0.05) is 11.6 Å². The zero-order chi connectivity index (χ0) is 21.6. The molecule has 0 spiro atoms. The molecule has 0 aromatic heterocycles. The summed E-state index contributed by atoms with van der Waals surface area (Å²) in [7, 11) is -3.63. The van der Waals surface area contributed by atoms with Gasteiger partial charge < -0.3 is 5.32 Å². The van der Waals surface area contributed by atoms with Gasteiger partial charge in [-0.2, -0.15) is 0 Å². The molecule has 158 valence electrons. The van der Waals surface area contributed by atoms with Crippen molar-refractivity contribution in [3.63, 3.8) is 0 Å². The van der Waals surface area contributed by atoms with Crippen LogP contribution in [-0.4, -0.2) is 33.2 Å². The van der Waals surface area contributed by atoms with Crippen molar-refractivity contribution in [1.82, 2.24) is 5.32 Å². The normalized spacial score (nSPS) is 12.4. The van der Waals surface area contributed by atoms with Crippen LogP contribution in [0.5, 0.6) is 0 Å². The number of anilines is 1. The molecule has 1 unspecified atom stereocenters. The minimum Gasteiger partial charge on any atom is -0.354 e. The lowest BCUT2D eigenvalue weighted by atomic mass is 10.1. The van der Waals surface area contributed by atoms with E-state index in [1.54, 1.807) is 0 Å². The van der Waals surface area contributed by atoms with E-state index in [1.807, 2.05) is 63.2 Å². The highest BCUT2D eigenvalue weighted by atomic mass is 35.5. The number of nitrogens with zero attached hydrogens (tertiary/aromatic N) is 1. The first-order chi connectivity index (χ1) is 13.6. The smallest absolute Gasteiger partial charge is 0.243 e. The SMILES string of the molecule is CCC(C(=O)NCCCc1ccc(Cl)cc1)N(c1cc(C)ccc1C)S(C)(=O)=O. The number of hydrogen-bond donors (Lipinski definition) is 1. The molecular formula is C22H29ClN2O3S. The predicted octanol–water partition coefficient (Wildman–Crippen LogP) is 4.25. The van der Waals surface area contributed by atoms with E-state index in [0.29, 0.717) is 23.7 Å². The Morgan fingerprint density at radius 1 is 1.14 bits per heavy atom. The fourth-order valence-corrected chi connectivity index (χ4v) is 4.65. The van der Waals surface area contributed by atoms with Gasteiger partial charge >= 0.3 is 0 Å². The van der Waals surface area contributed by atoms with E-state index in [1.165, 1.54) is 4.31 Å². The number of benzene rings is 2. The lowest BCUT2D eigenvalue weighted by molar-refractivity contribution is -0.122. The van der Waals surface area contributed by atoms with Crippen LogP contribution in [0.4, 0.5) is 5.69 Å². The molecule has 29 heavy (non-hydrogen) atoms. The maximum atomic E-state index is 12.9. The first kappa shape index (κ1) is 23.2. The summed E-state index contributed by atoms with van der Waals surface area (Å²) < 4.78 is 26.4. The summed E-state index contributed by atoms with van der Waals surface area (Å²) in [4.78, 5) is 12.9. The highest BCUT2D eigenvalue weighted by molar-refractivity contribution is 7.92. The molecule has 2 aromatic carbocycles. The Balaban J connectivity index is 2.10. The van der Waals surface area contributed by atoms with Gasteiger partial charge in [0.25, 0.3) is 0 Å². The topological polar surface area (TPSA) is 66.5 Å². The van der Waals surface area contributed by atoms with Gasteiger partial charge in [0.15, 0.2) is 0 Å². The average molecular weight is 437 g/mol. The maximum absolute atomic E-state index is 12.9. The minimum atomic E-state index is -3.63.